The van der Waals surface area contributed by atoms with Crippen LogP contribution in [0, 0.1) is 0 Å². The molecule has 4 aromatic rings. The lowest BCUT2D eigenvalue weighted by molar-refractivity contribution is -0.115. The molecule has 3 aromatic carbocycles. The minimum Gasteiger partial charge on any atom is -0.490 e. The molecule has 0 bridgehead atoms. The maximum absolute atomic E-state index is 12.7. The van der Waals surface area contributed by atoms with E-state index in [9.17, 15) is 13.2 Å². The van der Waals surface area contributed by atoms with Gasteiger partial charge in [0.25, 0.3) is 0 Å². The zero-order valence-electron chi connectivity index (χ0n) is 19.4. The van der Waals surface area contributed by atoms with Crippen molar-refractivity contribution in [3.8, 4) is 17.2 Å². The van der Waals surface area contributed by atoms with Crippen LogP contribution in [-0.2, 0) is 14.8 Å². The Labute approximate surface area is 203 Å². The fraction of sp³-hybridized carbons (Fsp3) is 0.200. The van der Waals surface area contributed by atoms with Crippen LogP contribution in [0.2, 0.25) is 0 Å². The summed E-state index contributed by atoms with van der Waals surface area (Å²) in [6.07, 6.45) is 1.74. The molecule has 0 fully saturated rings. The largest absolute Gasteiger partial charge is 0.490 e. The van der Waals surface area contributed by atoms with Crippen LogP contribution in [0.15, 0.2) is 78.0 Å². The Morgan fingerprint density at radius 3 is 2.40 bits per heavy atom. The van der Waals surface area contributed by atoms with Crippen LogP contribution in [-0.4, -0.2) is 43.6 Å². The smallest absolute Gasteiger partial charge is 0.241 e. The summed E-state index contributed by atoms with van der Waals surface area (Å²) in [6.45, 7) is 3.98. The first-order valence-electron chi connectivity index (χ1n) is 11.1. The lowest BCUT2D eigenvalue weighted by Gasteiger charge is -2.13. The molecule has 35 heavy (non-hydrogen) atoms. The highest BCUT2D eigenvalue weighted by Gasteiger charge is 2.18. The molecule has 1 heterocycles. The van der Waals surface area contributed by atoms with Crippen molar-refractivity contribution in [1.29, 1.82) is 0 Å². The molecule has 0 spiro atoms. The fourth-order valence-electron chi connectivity index (χ4n) is 3.52. The van der Waals surface area contributed by atoms with Gasteiger partial charge >= 0.3 is 0 Å². The van der Waals surface area contributed by atoms with Crippen molar-refractivity contribution >= 4 is 32.7 Å². The Morgan fingerprint density at radius 1 is 0.943 bits per heavy atom. The number of hydrogen-bond donors (Lipinski definition) is 2. The number of imidazole rings is 1. The highest BCUT2D eigenvalue weighted by molar-refractivity contribution is 7.89. The van der Waals surface area contributed by atoms with Gasteiger partial charge in [0.05, 0.1) is 35.7 Å². The van der Waals surface area contributed by atoms with E-state index in [1.807, 2.05) is 47.9 Å². The van der Waals surface area contributed by atoms with Crippen LogP contribution < -0.4 is 19.5 Å². The summed E-state index contributed by atoms with van der Waals surface area (Å²) in [5.41, 5.74) is 3.29. The number of hydrogen-bond acceptors (Lipinski definition) is 6. The second-order valence-electron chi connectivity index (χ2n) is 7.50. The maximum atomic E-state index is 12.7. The Bertz CT molecular complexity index is 1430. The molecule has 1 amide bonds. The number of para-hydroxylation sites is 2. The van der Waals surface area contributed by atoms with Crippen LogP contribution in [0.4, 0.5) is 5.69 Å². The number of carbonyl (C=O) groups excluding carboxylic acids is 1. The third kappa shape index (κ3) is 5.61. The monoisotopic (exact) mass is 494 g/mol. The van der Waals surface area contributed by atoms with E-state index in [1.54, 1.807) is 25.4 Å². The first-order valence-corrected chi connectivity index (χ1v) is 12.6. The second-order valence-corrected chi connectivity index (χ2v) is 9.26. The molecule has 9 nitrogen and oxygen atoms in total. The van der Waals surface area contributed by atoms with Gasteiger partial charge < -0.3 is 14.8 Å². The van der Waals surface area contributed by atoms with E-state index < -0.39 is 22.5 Å². The number of nitrogens with one attached hydrogen (secondary N) is 2. The lowest BCUT2D eigenvalue weighted by Crippen LogP contribution is -2.32. The number of nitrogens with zero attached hydrogens (tertiary/aromatic N) is 2. The van der Waals surface area contributed by atoms with E-state index in [1.165, 1.54) is 18.2 Å². The van der Waals surface area contributed by atoms with Crippen molar-refractivity contribution in [3.63, 3.8) is 0 Å². The van der Waals surface area contributed by atoms with Crippen LogP contribution >= 0.6 is 0 Å². The third-order valence-corrected chi connectivity index (χ3v) is 6.53. The summed E-state index contributed by atoms with van der Waals surface area (Å²) in [7, 11) is -3.93. The molecule has 10 heteroatoms. The summed E-state index contributed by atoms with van der Waals surface area (Å²) in [5, 5.41) is 2.70. The first-order chi connectivity index (χ1) is 16.9. The van der Waals surface area contributed by atoms with Crippen molar-refractivity contribution in [1.82, 2.24) is 14.3 Å². The molecular weight excluding hydrogens is 468 g/mol. The summed E-state index contributed by atoms with van der Waals surface area (Å²) in [5.74, 6) is 0.288. The normalized spacial score (nSPS) is 11.4. The van der Waals surface area contributed by atoms with Crippen molar-refractivity contribution < 1.29 is 22.7 Å². The summed E-state index contributed by atoms with van der Waals surface area (Å²) >= 11 is 0. The van der Waals surface area contributed by atoms with Gasteiger partial charge in [0.15, 0.2) is 11.5 Å². The Hall–Kier alpha value is -3.89. The van der Waals surface area contributed by atoms with E-state index in [4.69, 9.17) is 9.47 Å². The van der Waals surface area contributed by atoms with Crippen LogP contribution in [0.5, 0.6) is 11.5 Å². The maximum Gasteiger partial charge on any atom is 0.241 e. The van der Waals surface area contributed by atoms with Crippen molar-refractivity contribution in [2.75, 3.05) is 25.1 Å². The van der Waals surface area contributed by atoms with Crippen molar-refractivity contribution in [2.24, 2.45) is 0 Å². The molecule has 4 rings (SSSR count). The van der Waals surface area contributed by atoms with Crippen LogP contribution in [0.3, 0.4) is 0 Å². The zero-order chi connectivity index (χ0) is 24.8. The predicted molar refractivity (Wildman–Crippen MR) is 134 cm³/mol. The molecule has 0 radical (unpaired) electrons. The standard InChI is InChI=1S/C25H26N4O5S/c1-3-33-23-14-13-20(15-24(23)34-4-2)35(31,32)27-16-25(30)28-18-9-11-19(12-10-18)29-17-26-21-7-5-6-8-22(21)29/h5-15,17,27H,3-4,16H2,1-2H3,(H,28,30). The van der Waals surface area contributed by atoms with Gasteiger partial charge in [0, 0.05) is 17.4 Å². The highest BCUT2D eigenvalue weighted by atomic mass is 32.2. The van der Waals surface area contributed by atoms with Gasteiger partial charge in [0.1, 0.15) is 6.33 Å². The molecule has 0 aliphatic rings. The number of aromatic nitrogens is 2. The van der Waals surface area contributed by atoms with Gasteiger partial charge in [-0.25, -0.2) is 18.1 Å². The molecular formula is C25H26N4O5S. The fourth-order valence-corrected chi connectivity index (χ4v) is 4.52. The zero-order valence-corrected chi connectivity index (χ0v) is 20.2. The van der Waals surface area contributed by atoms with Gasteiger partial charge in [-0.3, -0.25) is 9.36 Å². The molecule has 1 aromatic heterocycles. The van der Waals surface area contributed by atoms with Gasteiger partial charge in [-0.15, -0.1) is 0 Å². The van der Waals surface area contributed by atoms with Gasteiger partial charge in [-0.2, -0.15) is 0 Å². The molecule has 0 aliphatic carbocycles. The summed E-state index contributed by atoms with van der Waals surface area (Å²) < 4.78 is 40.6. The summed E-state index contributed by atoms with van der Waals surface area (Å²) in [4.78, 5) is 16.8. The van der Waals surface area contributed by atoms with E-state index in [0.29, 0.717) is 30.4 Å². The molecule has 182 valence electrons. The molecule has 2 N–H and O–H groups in total. The minimum atomic E-state index is -3.93. The Morgan fingerprint density at radius 2 is 1.66 bits per heavy atom. The number of sulfonamides is 1. The van der Waals surface area contributed by atoms with Gasteiger partial charge in [-0.05, 0) is 62.4 Å². The average Bonchev–Trinajstić information content (AvgIpc) is 3.29. The van der Waals surface area contributed by atoms with Gasteiger partial charge in [0.2, 0.25) is 15.9 Å². The average molecular weight is 495 g/mol. The van der Waals surface area contributed by atoms with E-state index in [-0.39, 0.29) is 4.90 Å². The number of carbonyl (C=O) groups is 1. The number of rotatable bonds is 10. The molecule has 0 atom stereocenters. The predicted octanol–water partition coefficient (Wildman–Crippen LogP) is 3.74. The minimum absolute atomic E-state index is 0.0193. The second kappa shape index (κ2) is 10.6. The SMILES string of the molecule is CCOc1ccc(S(=O)(=O)NCC(=O)Nc2ccc(-n3cnc4ccccc43)cc2)cc1OCC. The molecule has 0 unspecified atom stereocenters. The van der Waals surface area contributed by atoms with Gasteiger partial charge in [-0.1, -0.05) is 12.1 Å². The number of fused-ring (bicyclic) bond motifs is 1. The first kappa shape index (κ1) is 24.2. The van der Waals surface area contributed by atoms with Crippen LogP contribution in [0.1, 0.15) is 13.8 Å². The quantitative estimate of drug-likeness (QED) is 0.347. The van der Waals surface area contributed by atoms with Crippen molar-refractivity contribution in [3.05, 3.63) is 73.1 Å². The molecule has 0 saturated carbocycles. The number of ether oxygens (including phenoxy) is 2. The van der Waals surface area contributed by atoms with Crippen molar-refractivity contribution in [2.45, 2.75) is 18.7 Å². The number of benzene rings is 3. The lowest BCUT2D eigenvalue weighted by atomic mass is 10.2. The topological polar surface area (TPSA) is 112 Å². The number of amides is 1. The highest BCUT2D eigenvalue weighted by Crippen LogP contribution is 2.30. The third-order valence-electron chi connectivity index (χ3n) is 5.13. The summed E-state index contributed by atoms with van der Waals surface area (Å²) in [6, 6.07) is 19.3. The molecule has 0 saturated heterocycles. The van der Waals surface area contributed by atoms with E-state index in [0.717, 1.165) is 16.7 Å². The van der Waals surface area contributed by atoms with E-state index >= 15 is 0 Å². The number of anilines is 1. The Kier molecular flexibility index (Phi) is 7.33. The molecule has 0 aliphatic heterocycles. The van der Waals surface area contributed by atoms with E-state index in [2.05, 4.69) is 15.0 Å². The Balaban J connectivity index is 1.39. The van der Waals surface area contributed by atoms with Crippen LogP contribution in [0.25, 0.3) is 16.7 Å².